The lowest BCUT2D eigenvalue weighted by Gasteiger charge is -2.11. The number of hydrogen-bond donors (Lipinski definition) is 1. The van der Waals surface area contributed by atoms with Gasteiger partial charge in [0.05, 0.1) is 12.3 Å². The monoisotopic (exact) mass is 487 g/mol. The Morgan fingerprint density at radius 2 is 1.57 bits per heavy atom. The molecule has 4 aromatic carbocycles. The van der Waals surface area contributed by atoms with E-state index in [9.17, 15) is 20.0 Å². The highest BCUT2D eigenvalue weighted by Crippen LogP contribution is 2.30. The summed E-state index contributed by atoms with van der Waals surface area (Å²) in [5, 5.41) is 27.9. The summed E-state index contributed by atoms with van der Waals surface area (Å²) >= 11 is 0. The van der Waals surface area contributed by atoms with E-state index >= 15 is 0 Å². The van der Waals surface area contributed by atoms with Gasteiger partial charge in [-0.15, -0.1) is 0 Å². The van der Waals surface area contributed by atoms with Crippen LogP contribution in [0.2, 0.25) is 0 Å². The fourth-order valence-electron chi connectivity index (χ4n) is 4.39. The topological polar surface area (TPSA) is 105 Å². The molecule has 1 aromatic heterocycles. The average molecular weight is 488 g/mol. The molecule has 0 spiro atoms. The molecular weight excluding hydrogens is 466 g/mol. The third kappa shape index (κ3) is 4.32. The Morgan fingerprint density at radius 3 is 2.14 bits per heavy atom. The van der Waals surface area contributed by atoms with Gasteiger partial charge in [0.15, 0.2) is 5.69 Å². The number of carboxylic acids is 1. The second-order valence-corrected chi connectivity index (χ2v) is 8.26. The zero-order chi connectivity index (χ0) is 25.9. The number of nitrogens with zero attached hydrogens (tertiary/aromatic N) is 3. The lowest BCUT2D eigenvalue weighted by atomic mass is 9.95. The molecule has 0 radical (unpaired) electrons. The molecule has 0 saturated heterocycles. The Hall–Kier alpha value is -5.22. The maximum Gasteiger partial charge on any atom is 0.357 e. The first-order valence-electron chi connectivity index (χ1n) is 11.6. The Morgan fingerprint density at radius 1 is 0.973 bits per heavy atom. The second kappa shape index (κ2) is 9.80. The number of carboxylic acid groups (broad SMARTS) is 1. The smallest absolute Gasteiger partial charge is 0.357 e. The number of aromatic carboxylic acids is 1. The van der Waals surface area contributed by atoms with Crippen molar-refractivity contribution < 1.29 is 14.6 Å². The number of benzene rings is 4. The molecule has 0 bridgehead atoms. The maximum atomic E-state index is 13.3. The van der Waals surface area contributed by atoms with Gasteiger partial charge in [-0.3, -0.25) is 4.79 Å². The predicted molar refractivity (Wildman–Crippen MR) is 143 cm³/mol. The van der Waals surface area contributed by atoms with Crippen LogP contribution in [0.15, 0.2) is 83.7 Å². The van der Waals surface area contributed by atoms with Crippen molar-refractivity contribution >= 4 is 39.7 Å². The normalized spacial score (nSPS) is 11.1. The van der Waals surface area contributed by atoms with Gasteiger partial charge in [0.2, 0.25) is 0 Å². The Kier molecular flexibility index (Phi) is 6.23. The first-order valence-corrected chi connectivity index (χ1v) is 11.6. The van der Waals surface area contributed by atoms with Crippen LogP contribution in [-0.4, -0.2) is 27.5 Å². The van der Waals surface area contributed by atoms with Gasteiger partial charge in [0.1, 0.15) is 17.4 Å². The third-order valence-corrected chi connectivity index (χ3v) is 6.07. The lowest BCUT2D eigenvalue weighted by molar-refractivity contribution is 0.0688. The van der Waals surface area contributed by atoms with Crippen LogP contribution in [0.5, 0.6) is 5.75 Å². The van der Waals surface area contributed by atoms with Gasteiger partial charge in [-0.2, -0.15) is 15.0 Å². The van der Waals surface area contributed by atoms with Crippen molar-refractivity contribution in [1.82, 2.24) is 9.78 Å². The highest BCUT2D eigenvalue weighted by atomic mass is 16.5. The first-order chi connectivity index (χ1) is 18.0. The van der Waals surface area contributed by atoms with E-state index in [1.54, 1.807) is 30.3 Å². The summed E-state index contributed by atoms with van der Waals surface area (Å²) in [5.74, 6) is -0.751. The van der Waals surface area contributed by atoms with Crippen molar-refractivity contribution in [2.75, 3.05) is 6.61 Å². The maximum absolute atomic E-state index is 13.3. The van der Waals surface area contributed by atoms with E-state index in [-0.39, 0.29) is 11.1 Å². The second-order valence-electron chi connectivity index (χ2n) is 8.26. The van der Waals surface area contributed by atoms with Crippen molar-refractivity contribution in [3.63, 3.8) is 0 Å². The standard InChI is InChI=1S/C30H21N3O4/c1-2-37-22-13-11-21(12-14-22)33-29(34)27(18-31)26(28(32-33)30(35)36)16-15-25-23-9-5-3-7-19(23)17-20-8-4-6-10-24(20)25/h3-17H,2H2,1H3,(H,35,36)/b16-15-. The van der Waals surface area contributed by atoms with E-state index in [0.29, 0.717) is 18.0 Å². The molecule has 7 heteroatoms. The van der Waals surface area contributed by atoms with Gasteiger partial charge in [-0.1, -0.05) is 60.7 Å². The summed E-state index contributed by atoms with van der Waals surface area (Å²) in [4.78, 5) is 25.5. The third-order valence-electron chi connectivity index (χ3n) is 6.07. The largest absolute Gasteiger partial charge is 0.494 e. The van der Waals surface area contributed by atoms with Gasteiger partial charge in [-0.05, 0) is 64.4 Å². The van der Waals surface area contributed by atoms with Gasteiger partial charge in [0, 0.05) is 5.56 Å². The number of fused-ring (bicyclic) bond motifs is 2. The first kappa shape index (κ1) is 23.5. The fraction of sp³-hybridized carbons (Fsp3) is 0.0667. The highest BCUT2D eigenvalue weighted by molar-refractivity contribution is 6.08. The number of hydrogen-bond acceptors (Lipinski definition) is 5. The zero-order valence-corrected chi connectivity index (χ0v) is 19.9. The predicted octanol–water partition coefficient (Wildman–Crippen LogP) is 5.68. The molecule has 0 fully saturated rings. The number of rotatable bonds is 6. The molecule has 7 nitrogen and oxygen atoms in total. The van der Waals surface area contributed by atoms with Crippen molar-refractivity contribution in [2.24, 2.45) is 0 Å². The average Bonchev–Trinajstić information content (AvgIpc) is 2.91. The zero-order valence-electron chi connectivity index (χ0n) is 19.9. The van der Waals surface area contributed by atoms with Crippen LogP contribution < -0.4 is 10.3 Å². The number of aromatic nitrogens is 2. The number of nitriles is 1. The highest BCUT2D eigenvalue weighted by Gasteiger charge is 2.21. The minimum atomic E-state index is -1.35. The van der Waals surface area contributed by atoms with Crippen molar-refractivity contribution in [2.45, 2.75) is 6.92 Å². The molecule has 5 aromatic rings. The molecule has 0 aliphatic heterocycles. The van der Waals surface area contributed by atoms with Crippen LogP contribution in [0, 0.1) is 11.3 Å². The van der Waals surface area contributed by atoms with Crippen LogP contribution in [-0.2, 0) is 0 Å². The molecule has 180 valence electrons. The summed E-state index contributed by atoms with van der Waals surface area (Å²) in [6.45, 7) is 2.33. The van der Waals surface area contributed by atoms with Gasteiger partial charge in [-0.25, -0.2) is 4.79 Å². The SMILES string of the molecule is CCOc1ccc(-n2nc(C(=O)O)c(/C=C\c3c4ccccc4cc4ccccc34)c(C#N)c2=O)cc1. The molecular formula is C30H21N3O4. The van der Waals surface area contributed by atoms with Crippen LogP contribution >= 0.6 is 0 Å². The van der Waals surface area contributed by atoms with E-state index in [1.807, 2.05) is 61.5 Å². The van der Waals surface area contributed by atoms with Crippen LogP contribution in [0.4, 0.5) is 0 Å². The molecule has 0 aliphatic carbocycles. The van der Waals surface area contributed by atoms with Crippen LogP contribution in [0.25, 0.3) is 39.4 Å². The minimum absolute atomic E-state index is 0.0424. The summed E-state index contributed by atoms with van der Waals surface area (Å²) in [5.41, 5.74) is -0.279. The molecule has 1 N–H and O–H groups in total. The van der Waals surface area contributed by atoms with Crippen LogP contribution in [0.1, 0.15) is 34.1 Å². The summed E-state index contributed by atoms with van der Waals surface area (Å²) in [7, 11) is 0. The molecule has 0 amide bonds. The Balaban J connectivity index is 1.71. The molecule has 1 heterocycles. The molecule has 0 unspecified atom stereocenters. The molecule has 0 atom stereocenters. The molecule has 37 heavy (non-hydrogen) atoms. The number of carbonyl (C=O) groups is 1. The summed E-state index contributed by atoms with van der Waals surface area (Å²) < 4.78 is 6.36. The molecule has 0 saturated carbocycles. The minimum Gasteiger partial charge on any atom is -0.494 e. The van der Waals surface area contributed by atoms with E-state index in [4.69, 9.17) is 4.74 Å². The Labute approximate surface area is 212 Å². The van der Waals surface area contributed by atoms with Gasteiger partial charge < -0.3 is 9.84 Å². The quantitative estimate of drug-likeness (QED) is 0.309. The van der Waals surface area contributed by atoms with E-state index in [0.717, 1.165) is 31.8 Å². The number of ether oxygens (including phenoxy) is 1. The van der Waals surface area contributed by atoms with Crippen LogP contribution in [0.3, 0.4) is 0 Å². The van der Waals surface area contributed by atoms with E-state index < -0.39 is 17.2 Å². The van der Waals surface area contributed by atoms with Crippen molar-refractivity contribution in [3.8, 4) is 17.5 Å². The van der Waals surface area contributed by atoms with Crippen molar-refractivity contribution in [1.29, 1.82) is 5.26 Å². The lowest BCUT2D eigenvalue weighted by Crippen LogP contribution is -2.28. The molecule has 5 rings (SSSR count). The van der Waals surface area contributed by atoms with Gasteiger partial charge >= 0.3 is 5.97 Å². The van der Waals surface area contributed by atoms with E-state index in [1.165, 1.54) is 6.08 Å². The summed E-state index contributed by atoms with van der Waals surface area (Å²) in [6.07, 6.45) is 3.24. The molecule has 0 aliphatic rings. The Bertz CT molecular complexity index is 1740. The van der Waals surface area contributed by atoms with E-state index in [2.05, 4.69) is 11.2 Å². The fourth-order valence-corrected chi connectivity index (χ4v) is 4.39. The van der Waals surface area contributed by atoms with Crippen molar-refractivity contribution in [3.05, 3.63) is 112 Å². The summed E-state index contributed by atoms with van der Waals surface area (Å²) in [6, 6.07) is 26.2. The van der Waals surface area contributed by atoms with Gasteiger partial charge in [0.25, 0.3) is 5.56 Å².